The highest BCUT2D eigenvalue weighted by atomic mass is 35.5. The lowest BCUT2D eigenvalue weighted by atomic mass is 9.96. The Morgan fingerprint density at radius 3 is 1.61 bits per heavy atom. The van der Waals surface area contributed by atoms with Gasteiger partial charge in [-0.3, -0.25) is 52.7 Å². The zero-order chi connectivity index (χ0) is 71.8. The molecule has 13 atom stereocenters. The molecule has 2 aromatic heterocycles. The number of H-pyrrole nitrogens is 2. The fraction of sp³-hybridized carbons (Fsp3) is 0.524. The molecule has 31 nitrogen and oxygen atoms in total. The summed E-state index contributed by atoms with van der Waals surface area (Å²) in [4.78, 5) is 181. The largest absolute Gasteiger partial charge is 0.506 e. The molecule has 1 fully saturated rings. The third-order valence-electron chi connectivity index (χ3n) is 15.9. The highest BCUT2D eigenvalue weighted by Gasteiger charge is 2.44. The van der Waals surface area contributed by atoms with Crippen LogP contribution in [0.3, 0.4) is 0 Å². The number of aliphatic hydroxyl groups excluding tert-OH is 1. The zero-order valence-electron chi connectivity index (χ0n) is 54.5. The van der Waals surface area contributed by atoms with E-state index in [1.807, 2.05) is 0 Å². The Labute approximate surface area is 576 Å². The number of phenols is 1. The number of nitrogens with one attached hydrogen (secondary N) is 11. The number of phenolic OH excluding ortho intramolecular Hbond substituents is 1. The summed E-state index contributed by atoms with van der Waals surface area (Å²) in [7, 11) is 0. The summed E-state index contributed by atoms with van der Waals surface area (Å²) < 4.78 is 0. The molecule has 0 saturated carbocycles. The Hall–Kier alpha value is -8.79. The number of nitrogens with two attached hydrogens (primary N) is 1. The van der Waals surface area contributed by atoms with Crippen LogP contribution in [0.4, 0.5) is 0 Å². The molecule has 530 valence electrons. The number of rotatable bonds is 38. The van der Waals surface area contributed by atoms with Crippen molar-refractivity contribution in [1.29, 1.82) is 0 Å². The first-order valence-corrected chi connectivity index (χ1v) is 33.2. The highest BCUT2D eigenvalue weighted by molar-refractivity contribution is 7.80. The van der Waals surface area contributed by atoms with E-state index in [0.717, 1.165) is 10.5 Å². The van der Waals surface area contributed by atoms with Gasteiger partial charge in [0, 0.05) is 67.5 Å². The normalized spacial score (nSPS) is 17.1. The number of aromatic nitrogens is 4. The summed E-state index contributed by atoms with van der Waals surface area (Å²) in [6.45, 7) is 9.92. The first-order chi connectivity index (χ1) is 45.9. The van der Waals surface area contributed by atoms with Crippen molar-refractivity contribution < 1.29 is 78.0 Å². The molecule has 17 N–H and O–H groups in total. The van der Waals surface area contributed by atoms with Crippen LogP contribution in [0.25, 0.3) is 0 Å². The van der Waals surface area contributed by atoms with Gasteiger partial charge >= 0.3 is 11.9 Å². The van der Waals surface area contributed by atoms with Crippen LogP contribution in [-0.4, -0.2) is 207 Å². The van der Waals surface area contributed by atoms with Gasteiger partial charge in [-0.25, -0.2) is 14.8 Å². The number of aromatic hydroxyl groups is 1. The van der Waals surface area contributed by atoms with Gasteiger partial charge in [-0.15, -0.1) is 0 Å². The van der Waals surface area contributed by atoms with E-state index in [1.54, 1.807) is 71.9 Å². The molecule has 4 aromatic rings. The number of hydrogen-bond acceptors (Lipinski definition) is 19. The number of nitrogens with zero attached hydrogens (tertiary/aromatic N) is 3. The number of β-amino-alcohol motifs (C(OH)–C–C–N with tert-alkyl or cyclic N) is 1. The molecule has 3 heterocycles. The molecule has 1 saturated heterocycles. The number of aromatic amines is 2. The summed E-state index contributed by atoms with van der Waals surface area (Å²) in [5, 5.41) is 63.9. The highest BCUT2D eigenvalue weighted by Crippen LogP contribution is 2.26. The minimum atomic E-state index is -1.99. The summed E-state index contributed by atoms with van der Waals surface area (Å²) in [6, 6.07) is -3.49. The van der Waals surface area contributed by atoms with Crippen LogP contribution in [0.1, 0.15) is 96.2 Å². The number of carbonyl (C=O) groups excluding carboxylic acids is 10. The van der Waals surface area contributed by atoms with E-state index in [4.69, 9.17) is 17.3 Å². The van der Waals surface area contributed by atoms with Crippen molar-refractivity contribution in [2.24, 2.45) is 23.5 Å². The second-order valence-electron chi connectivity index (χ2n) is 24.7. The van der Waals surface area contributed by atoms with E-state index in [-0.39, 0.29) is 66.0 Å². The molecule has 0 unspecified atom stereocenters. The van der Waals surface area contributed by atoms with Crippen LogP contribution < -0.4 is 53.6 Å². The van der Waals surface area contributed by atoms with Gasteiger partial charge in [-0.05, 0) is 60.3 Å². The number of aliphatic hydroxyl groups is 1. The standard InChI is InChI=1S/C63H88ClN15O16S2/c1-7-33(6)52(61(92)75-46(63(94)95)16-32(4)5)78-58(89)44(21-37-25-67-30-69-37)72-59(90)47(27-96)76-54(85)41(15-31(2)3)71-57(88)45(23-51(82)83)73-55(86)42(19-35-13-14-50(81)39(64)17-35)74-60(91)49-22-38(80)26-79(49)62(93)48(28-97)77-56(87)43(20-36-24-66-29-68-36)70-53(84)40(65)18-34-11-9-8-10-12-34/h8-14,17,24-25,29-33,38,40-49,52,80-81,96-97H,7,15-16,18-23,26-28,65H2,1-6H3,(H,66,68)(H,67,69)(H,70,84)(H,71,88)(H,72,90)(H,73,86)(H,74,91)(H,75,92)(H,76,85)(H,77,87)(H,78,89)(H,82,83)(H,94,95)/t33-,38+,40-,41-,42-,43-,44-,45-,46-,47-,48-,49-,52-/m0/s1. The molecule has 2 aromatic carbocycles. The number of carboxylic acid groups (broad SMARTS) is 2. The van der Waals surface area contributed by atoms with Crippen LogP contribution in [-0.2, 0) is 83.2 Å². The summed E-state index contributed by atoms with van der Waals surface area (Å²) in [5.41, 5.74) is 8.03. The van der Waals surface area contributed by atoms with Crippen LogP contribution in [0.2, 0.25) is 5.02 Å². The molecular weight excluding hydrogens is 1320 g/mol. The average Bonchev–Trinajstić information content (AvgIpc) is 1.74. The molecular formula is C63H88ClN15O16S2. The summed E-state index contributed by atoms with van der Waals surface area (Å²) in [6.07, 6.45) is 2.36. The molecule has 97 heavy (non-hydrogen) atoms. The number of imidazole rings is 2. The third kappa shape index (κ3) is 24.7. The Balaban J connectivity index is 1.34. The van der Waals surface area contributed by atoms with E-state index < -0.39 is 181 Å². The van der Waals surface area contributed by atoms with Gasteiger partial charge in [-0.1, -0.05) is 96.0 Å². The molecule has 5 rings (SSSR count). The maximum absolute atomic E-state index is 14.6. The molecule has 0 spiro atoms. The number of halogens is 1. The predicted molar refractivity (Wildman–Crippen MR) is 359 cm³/mol. The van der Waals surface area contributed by atoms with Gasteiger partial charge in [0.1, 0.15) is 66.2 Å². The lowest BCUT2D eigenvalue weighted by Gasteiger charge is -2.30. The van der Waals surface area contributed by atoms with Gasteiger partial charge in [-0.2, -0.15) is 25.3 Å². The first kappa shape index (κ1) is 78.9. The van der Waals surface area contributed by atoms with Crippen molar-refractivity contribution in [3.05, 3.63) is 101 Å². The van der Waals surface area contributed by atoms with E-state index >= 15 is 0 Å². The number of thiol groups is 2. The minimum absolute atomic E-state index is 0.0988. The number of carbonyl (C=O) groups is 12. The SMILES string of the molecule is CC[C@H](C)[C@H](NC(=O)[C@H](Cc1cnc[nH]1)NC(=O)[C@H](CS)NC(=O)[C@H](CC(C)C)NC(=O)[C@H](CC(=O)O)NC(=O)[C@H](Cc1ccc(O)c(Cl)c1)NC(=O)[C@@H]1C[C@@H](O)CN1C(=O)[C@H](CS)NC(=O)[C@H](Cc1cnc[nH]1)NC(=O)[C@@H](N)Cc1ccccc1)C(=O)N[C@@H](CC(C)C)C(=O)O. The Morgan fingerprint density at radius 2 is 1.08 bits per heavy atom. The number of aliphatic carboxylic acids is 2. The van der Waals surface area contributed by atoms with Crippen LogP contribution in [0, 0.1) is 17.8 Å². The monoisotopic (exact) mass is 1410 g/mol. The molecule has 1 aliphatic rings. The fourth-order valence-corrected chi connectivity index (χ4v) is 11.2. The van der Waals surface area contributed by atoms with E-state index in [9.17, 15) is 78.0 Å². The molecule has 0 radical (unpaired) electrons. The van der Waals surface area contributed by atoms with Gasteiger partial charge in [0.25, 0.3) is 0 Å². The van der Waals surface area contributed by atoms with Crippen LogP contribution in [0.15, 0.2) is 73.6 Å². The Morgan fingerprint density at radius 1 is 0.598 bits per heavy atom. The number of hydrogen-bond donors (Lipinski definition) is 18. The fourth-order valence-electron chi connectivity index (χ4n) is 10.5. The second-order valence-corrected chi connectivity index (χ2v) is 25.8. The number of amides is 10. The van der Waals surface area contributed by atoms with Crippen molar-refractivity contribution in [2.75, 3.05) is 18.1 Å². The van der Waals surface area contributed by atoms with Gasteiger partial charge < -0.3 is 88.9 Å². The number of likely N-dealkylation sites (tertiary alicyclic amines) is 1. The van der Waals surface area contributed by atoms with Gasteiger partial charge in [0.15, 0.2) is 0 Å². The zero-order valence-corrected chi connectivity index (χ0v) is 57.0. The van der Waals surface area contributed by atoms with Crippen molar-refractivity contribution in [3.8, 4) is 5.75 Å². The van der Waals surface area contributed by atoms with Crippen molar-refractivity contribution >= 4 is 108 Å². The Kier molecular flexibility index (Phi) is 31.1. The van der Waals surface area contributed by atoms with Crippen molar-refractivity contribution in [3.63, 3.8) is 0 Å². The maximum atomic E-state index is 14.6. The minimum Gasteiger partial charge on any atom is -0.506 e. The molecule has 34 heteroatoms. The van der Waals surface area contributed by atoms with E-state index in [0.29, 0.717) is 17.8 Å². The number of benzene rings is 2. The third-order valence-corrected chi connectivity index (χ3v) is 16.9. The number of carboxylic acids is 2. The first-order valence-electron chi connectivity index (χ1n) is 31.5. The van der Waals surface area contributed by atoms with Crippen LogP contribution >= 0.6 is 36.9 Å². The molecule has 10 amide bonds. The van der Waals surface area contributed by atoms with Crippen LogP contribution in [0.5, 0.6) is 5.75 Å². The van der Waals surface area contributed by atoms with Crippen molar-refractivity contribution in [1.82, 2.24) is 72.7 Å². The molecule has 0 aliphatic carbocycles. The lowest BCUT2D eigenvalue weighted by molar-refractivity contribution is -0.143. The lowest BCUT2D eigenvalue weighted by Crippen LogP contribution is -2.61. The second kappa shape index (κ2) is 38.2. The van der Waals surface area contributed by atoms with E-state index in [2.05, 4.69) is 93.0 Å². The van der Waals surface area contributed by atoms with Gasteiger partial charge in [0.2, 0.25) is 59.1 Å². The summed E-state index contributed by atoms with van der Waals surface area (Å²) in [5.74, 6) is -14.4. The predicted octanol–water partition coefficient (Wildman–Crippen LogP) is -1.03. The topological polar surface area (TPSA) is 481 Å². The maximum Gasteiger partial charge on any atom is 0.326 e. The molecule has 1 aliphatic heterocycles. The smallest absolute Gasteiger partial charge is 0.326 e. The van der Waals surface area contributed by atoms with E-state index in [1.165, 1.54) is 43.2 Å². The Bertz CT molecular complexity index is 3350. The average molecular weight is 1410 g/mol. The van der Waals surface area contributed by atoms with Gasteiger partial charge in [0.05, 0.1) is 36.2 Å². The summed E-state index contributed by atoms with van der Waals surface area (Å²) >= 11 is 14.9. The molecule has 0 bridgehead atoms. The quantitative estimate of drug-likeness (QED) is 0.0239. The van der Waals surface area contributed by atoms with Crippen molar-refractivity contribution in [2.45, 2.75) is 172 Å².